The van der Waals surface area contributed by atoms with Crippen molar-refractivity contribution in [3.8, 4) is 5.75 Å². The molecule has 0 saturated carbocycles. The average Bonchev–Trinajstić information content (AvgIpc) is 2.66. The third kappa shape index (κ3) is 9.69. The molecule has 0 radical (unpaired) electrons. The van der Waals surface area contributed by atoms with Gasteiger partial charge in [0.1, 0.15) is 5.75 Å². The maximum atomic E-state index is 11.2. The van der Waals surface area contributed by atoms with E-state index in [1.165, 1.54) is 5.56 Å². The Bertz CT molecular complexity index is 634. The fourth-order valence-electron chi connectivity index (χ4n) is 3.44. The van der Waals surface area contributed by atoms with Crippen LogP contribution < -0.4 is 15.8 Å². The van der Waals surface area contributed by atoms with Gasteiger partial charge < -0.3 is 20.7 Å². The van der Waals surface area contributed by atoms with Crippen LogP contribution in [0.3, 0.4) is 0 Å². The zero-order valence-corrected chi connectivity index (χ0v) is 20.4. The molecule has 29 heavy (non-hydrogen) atoms. The van der Waals surface area contributed by atoms with Crippen LogP contribution in [-0.2, 0) is 11.2 Å². The van der Waals surface area contributed by atoms with Crippen LogP contribution in [0.25, 0.3) is 0 Å². The minimum atomic E-state index is -0.213. The molecule has 1 aromatic rings. The van der Waals surface area contributed by atoms with E-state index in [0.29, 0.717) is 18.3 Å². The molecule has 1 fully saturated rings. The molecular formula is C22H37IN4O2. The van der Waals surface area contributed by atoms with Crippen molar-refractivity contribution in [1.29, 1.82) is 0 Å². The first-order chi connectivity index (χ1) is 13.5. The van der Waals surface area contributed by atoms with E-state index in [0.717, 1.165) is 63.8 Å². The minimum Gasteiger partial charge on any atom is -0.493 e. The topological polar surface area (TPSA) is 80.0 Å². The summed E-state index contributed by atoms with van der Waals surface area (Å²) in [6.45, 7) is 10.5. The number of likely N-dealkylation sites (tertiary alicyclic amines) is 1. The zero-order chi connectivity index (χ0) is 20.4. The summed E-state index contributed by atoms with van der Waals surface area (Å²) in [5.41, 5.74) is 6.63. The molecule has 1 amide bonds. The van der Waals surface area contributed by atoms with Gasteiger partial charge in [0.05, 0.1) is 6.61 Å². The zero-order valence-electron chi connectivity index (χ0n) is 18.0. The Labute approximate surface area is 192 Å². The van der Waals surface area contributed by atoms with Crippen molar-refractivity contribution in [2.45, 2.75) is 46.5 Å². The fourth-order valence-corrected chi connectivity index (χ4v) is 3.44. The van der Waals surface area contributed by atoms with E-state index in [9.17, 15) is 4.79 Å². The number of primary amides is 1. The lowest BCUT2D eigenvalue weighted by atomic mass is 9.95. The van der Waals surface area contributed by atoms with Crippen LogP contribution in [0, 0.1) is 11.8 Å². The predicted molar refractivity (Wildman–Crippen MR) is 130 cm³/mol. The van der Waals surface area contributed by atoms with Gasteiger partial charge in [-0.2, -0.15) is 0 Å². The highest BCUT2D eigenvalue weighted by Gasteiger charge is 2.23. The number of benzene rings is 1. The monoisotopic (exact) mass is 516 g/mol. The molecule has 6 nitrogen and oxygen atoms in total. The summed E-state index contributed by atoms with van der Waals surface area (Å²) in [6.07, 6.45) is 3.48. The van der Waals surface area contributed by atoms with Gasteiger partial charge in [0.25, 0.3) is 0 Å². The summed E-state index contributed by atoms with van der Waals surface area (Å²) in [7, 11) is 0. The molecule has 0 spiro atoms. The number of hydrogen-bond donors (Lipinski definition) is 2. The number of amides is 1. The molecule has 164 valence electrons. The van der Waals surface area contributed by atoms with Gasteiger partial charge in [-0.25, -0.2) is 0 Å². The van der Waals surface area contributed by atoms with Gasteiger partial charge in [-0.05, 0) is 55.7 Å². The SMILES string of the molecule is CCNC(=NCCc1ccc(OCC(C)C)cc1)N1CCCC(CC(N)=O)C1.I. The number of guanidine groups is 1. The summed E-state index contributed by atoms with van der Waals surface area (Å²) >= 11 is 0. The van der Waals surface area contributed by atoms with Gasteiger partial charge in [-0.3, -0.25) is 9.79 Å². The van der Waals surface area contributed by atoms with Crippen LogP contribution in [0.5, 0.6) is 5.75 Å². The van der Waals surface area contributed by atoms with Crippen molar-refractivity contribution < 1.29 is 9.53 Å². The number of carbonyl (C=O) groups excluding carboxylic acids is 1. The van der Waals surface area contributed by atoms with Gasteiger partial charge in [0.15, 0.2) is 5.96 Å². The average molecular weight is 516 g/mol. The minimum absolute atomic E-state index is 0. The lowest BCUT2D eigenvalue weighted by Gasteiger charge is -2.34. The number of ether oxygens (including phenoxy) is 1. The molecule has 1 aliphatic rings. The number of piperidine rings is 1. The predicted octanol–water partition coefficient (Wildman–Crippen LogP) is 3.43. The Morgan fingerprint density at radius 2 is 2.07 bits per heavy atom. The third-order valence-electron chi connectivity index (χ3n) is 4.81. The van der Waals surface area contributed by atoms with E-state index in [1.54, 1.807) is 0 Å². The van der Waals surface area contributed by atoms with Crippen molar-refractivity contribution in [2.24, 2.45) is 22.6 Å². The van der Waals surface area contributed by atoms with Crippen molar-refractivity contribution >= 4 is 35.8 Å². The highest BCUT2D eigenvalue weighted by molar-refractivity contribution is 14.0. The van der Waals surface area contributed by atoms with Crippen LogP contribution >= 0.6 is 24.0 Å². The molecule has 3 N–H and O–H groups in total. The van der Waals surface area contributed by atoms with Crippen molar-refractivity contribution in [1.82, 2.24) is 10.2 Å². The van der Waals surface area contributed by atoms with Crippen LogP contribution in [0.1, 0.15) is 45.6 Å². The Hall–Kier alpha value is -1.51. The van der Waals surface area contributed by atoms with Gasteiger partial charge in [-0.15, -0.1) is 24.0 Å². The quantitative estimate of drug-likeness (QED) is 0.300. The molecule has 0 aromatic heterocycles. The van der Waals surface area contributed by atoms with Crippen molar-refractivity contribution in [3.63, 3.8) is 0 Å². The highest BCUT2D eigenvalue weighted by Crippen LogP contribution is 2.19. The second-order valence-corrected chi connectivity index (χ2v) is 7.96. The van der Waals surface area contributed by atoms with Crippen LogP contribution in [0.2, 0.25) is 0 Å². The van der Waals surface area contributed by atoms with Crippen molar-refractivity contribution in [3.05, 3.63) is 29.8 Å². The molecule has 1 atom stereocenters. The lowest BCUT2D eigenvalue weighted by Crippen LogP contribution is -2.47. The number of aliphatic imine (C=N–C) groups is 1. The first-order valence-electron chi connectivity index (χ1n) is 10.5. The number of nitrogens with two attached hydrogens (primary N) is 1. The lowest BCUT2D eigenvalue weighted by molar-refractivity contribution is -0.119. The molecule has 1 unspecified atom stereocenters. The second-order valence-electron chi connectivity index (χ2n) is 7.96. The van der Waals surface area contributed by atoms with Crippen molar-refractivity contribution in [2.75, 3.05) is 32.8 Å². The smallest absolute Gasteiger partial charge is 0.217 e. The van der Waals surface area contributed by atoms with Gasteiger partial charge in [-0.1, -0.05) is 26.0 Å². The normalized spacial score (nSPS) is 17.0. The summed E-state index contributed by atoms with van der Waals surface area (Å²) in [5.74, 6) is 2.50. The van der Waals surface area contributed by atoms with E-state index in [1.807, 2.05) is 12.1 Å². The summed E-state index contributed by atoms with van der Waals surface area (Å²) < 4.78 is 5.74. The molecule has 1 heterocycles. The molecule has 1 aromatic carbocycles. The number of hydrogen-bond acceptors (Lipinski definition) is 3. The van der Waals surface area contributed by atoms with Gasteiger partial charge >= 0.3 is 0 Å². The van der Waals surface area contributed by atoms with Gasteiger partial charge in [0.2, 0.25) is 5.91 Å². The molecule has 1 saturated heterocycles. The maximum absolute atomic E-state index is 11.2. The number of halogens is 1. The van der Waals surface area contributed by atoms with Crippen LogP contribution in [0.15, 0.2) is 29.3 Å². The molecule has 2 rings (SSSR count). The van der Waals surface area contributed by atoms with E-state index in [2.05, 4.69) is 43.1 Å². The Morgan fingerprint density at radius 1 is 1.34 bits per heavy atom. The Morgan fingerprint density at radius 3 is 2.69 bits per heavy atom. The van der Waals surface area contributed by atoms with E-state index >= 15 is 0 Å². The molecule has 0 bridgehead atoms. The third-order valence-corrected chi connectivity index (χ3v) is 4.81. The largest absolute Gasteiger partial charge is 0.493 e. The fraction of sp³-hybridized carbons (Fsp3) is 0.636. The number of rotatable bonds is 9. The first-order valence-corrected chi connectivity index (χ1v) is 10.5. The second kappa shape index (κ2) is 13.7. The molecule has 1 aliphatic heterocycles. The molecule has 7 heteroatoms. The van der Waals surface area contributed by atoms with Gasteiger partial charge in [0, 0.05) is 32.6 Å². The maximum Gasteiger partial charge on any atom is 0.217 e. The van der Waals surface area contributed by atoms with Crippen LogP contribution in [-0.4, -0.2) is 49.6 Å². The number of carbonyl (C=O) groups is 1. The molecular weight excluding hydrogens is 479 g/mol. The van der Waals surface area contributed by atoms with E-state index in [-0.39, 0.29) is 29.9 Å². The standard InChI is InChI=1S/C22H36N4O2.HI/c1-4-24-22(26-13-5-6-19(15-26)14-21(23)27)25-12-11-18-7-9-20(10-8-18)28-16-17(2)3;/h7-10,17,19H,4-6,11-16H2,1-3H3,(H2,23,27)(H,24,25);1H. The summed E-state index contributed by atoms with van der Waals surface area (Å²) in [4.78, 5) is 18.3. The number of nitrogens with zero attached hydrogens (tertiary/aromatic N) is 2. The Kier molecular flexibility index (Phi) is 12.0. The van der Waals surface area contributed by atoms with E-state index in [4.69, 9.17) is 15.5 Å². The number of nitrogens with one attached hydrogen (secondary N) is 1. The first kappa shape index (κ1) is 25.5. The Balaban J connectivity index is 0.00000420. The van der Waals surface area contributed by atoms with E-state index < -0.39 is 0 Å². The summed E-state index contributed by atoms with van der Waals surface area (Å²) in [6, 6.07) is 8.29. The highest BCUT2D eigenvalue weighted by atomic mass is 127. The molecule has 0 aliphatic carbocycles. The summed E-state index contributed by atoms with van der Waals surface area (Å²) in [5, 5.41) is 3.39. The van der Waals surface area contributed by atoms with Crippen LogP contribution in [0.4, 0.5) is 0 Å².